The number of aromatic hydroxyl groups is 3. The van der Waals surface area contributed by atoms with Crippen LogP contribution in [0.25, 0.3) is 11.1 Å². The number of hydrogen-bond acceptors (Lipinski definition) is 6. The maximum atomic E-state index is 11.6. The minimum Gasteiger partial charge on any atom is -0.507 e. The third kappa shape index (κ3) is 2.03. The molecule has 0 aliphatic carbocycles. The van der Waals surface area contributed by atoms with Crippen LogP contribution in [0.15, 0.2) is 24.3 Å². The molecule has 3 N–H and O–H groups in total. The Hall–Kier alpha value is -2.73. The summed E-state index contributed by atoms with van der Waals surface area (Å²) in [7, 11) is 1.49. The van der Waals surface area contributed by atoms with Gasteiger partial charge in [0, 0.05) is 19.6 Å². The van der Waals surface area contributed by atoms with Gasteiger partial charge in [-0.2, -0.15) is 0 Å². The lowest BCUT2D eigenvalue weighted by Gasteiger charge is -2.40. The number of phenols is 3. The van der Waals surface area contributed by atoms with Crippen molar-refractivity contribution in [2.24, 2.45) is 0 Å². The number of carbonyl (C=O) groups excluding carboxylic acids is 1. The molecule has 3 rings (SSSR count). The average Bonchev–Trinajstić information content (AvgIpc) is 2.48. The van der Waals surface area contributed by atoms with Crippen LogP contribution in [-0.2, 0) is 10.5 Å². The summed E-state index contributed by atoms with van der Waals surface area (Å²) in [4.78, 5) is 11.6. The molecule has 0 amide bonds. The van der Waals surface area contributed by atoms with Crippen LogP contribution in [0.5, 0.6) is 23.0 Å². The molecule has 2 aromatic rings. The van der Waals surface area contributed by atoms with E-state index in [-0.39, 0.29) is 45.5 Å². The van der Waals surface area contributed by atoms with Gasteiger partial charge < -0.3 is 24.8 Å². The van der Waals surface area contributed by atoms with E-state index in [2.05, 4.69) is 0 Å². The number of hydrogen-bond donors (Lipinski definition) is 3. The highest BCUT2D eigenvalue weighted by molar-refractivity contribution is 6.00. The van der Waals surface area contributed by atoms with Gasteiger partial charge in [0.1, 0.15) is 11.5 Å². The van der Waals surface area contributed by atoms with E-state index in [1.807, 2.05) is 0 Å². The molecule has 6 heteroatoms. The Kier molecular flexibility index (Phi) is 3.23. The molecule has 0 fully saturated rings. The summed E-state index contributed by atoms with van der Waals surface area (Å²) >= 11 is 0. The first-order valence-electron chi connectivity index (χ1n) is 6.97. The number of ether oxygens (including phenoxy) is 2. The van der Waals surface area contributed by atoms with E-state index >= 15 is 0 Å². The molecule has 0 saturated heterocycles. The van der Waals surface area contributed by atoms with Crippen molar-refractivity contribution in [3.8, 4) is 34.1 Å². The van der Waals surface area contributed by atoms with Crippen molar-refractivity contribution < 1.29 is 29.6 Å². The maximum absolute atomic E-state index is 11.6. The van der Waals surface area contributed by atoms with Gasteiger partial charge >= 0.3 is 0 Å². The molecule has 1 unspecified atom stereocenters. The largest absolute Gasteiger partial charge is 0.507 e. The number of phenolic OH excluding ortho intramolecular Hbond substituents is 3. The summed E-state index contributed by atoms with van der Waals surface area (Å²) in [6.45, 7) is 3.01. The average molecular weight is 316 g/mol. The topological polar surface area (TPSA) is 96.2 Å². The number of rotatable bonds is 3. The fraction of sp³-hybridized carbons (Fsp3) is 0.235. The van der Waals surface area contributed by atoms with E-state index in [4.69, 9.17) is 9.47 Å². The van der Waals surface area contributed by atoms with E-state index in [9.17, 15) is 20.1 Å². The summed E-state index contributed by atoms with van der Waals surface area (Å²) in [5, 5.41) is 30.7. The molecule has 120 valence electrons. The van der Waals surface area contributed by atoms with Crippen LogP contribution in [0, 0.1) is 0 Å². The first kappa shape index (κ1) is 15.2. The van der Waals surface area contributed by atoms with E-state index in [0.717, 1.165) is 0 Å². The summed E-state index contributed by atoms with van der Waals surface area (Å²) in [5.74, 6) is -1.94. The van der Waals surface area contributed by atoms with Crippen LogP contribution in [0.2, 0.25) is 0 Å². The van der Waals surface area contributed by atoms with Crippen LogP contribution in [-0.4, -0.2) is 28.2 Å². The van der Waals surface area contributed by atoms with Crippen molar-refractivity contribution in [2.75, 3.05) is 7.11 Å². The number of methoxy groups -OCH3 is 1. The summed E-state index contributed by atoms with van der Waals surface area (Å²) in [6, 6.07) is 5.83. The molecule has 2 aromatic carbocycles. The van der Waals surface area contributed by atoms with Gasteiger partial charge in [0.15, 0.2) is 17.3 Å². The van der Waals surface area contributed by atoms with Gasteiger partial charge in [0.25, 0.3) is 0 Å². The van der Waals surface area contributed by atoms with Gasteiger partial charge in [-0.05, 0) is 31.2 Å². The highest BCUT2D eigenvalue weighted by atomic mass is 16.7. The fourth-order valence-corrected chi connectivity index (χ4v) is 2.72. The Labute approximate surface area is 132 Å². The van der Waals surface area contributed by atoms with Crippen LogP contribution in [0.1, 0.15) is 29.8 Å². The molecule has 1 aliphatic rings. The quantitative estimate of drug-likeness (QED) is 0.754. The molecule has 0 radical (unpaired) electrons. The van der Waals surface area contributed by atoms with Crippen molar-refractivity contribution in [3.63, 3.8) is 0 Å². The Morgan fingerprint density at radius 1 is 1.13 bits per heavy atom. The van der Waals surface area contributed by atoms with Crippen molar-refractivity contribution in [1.82, 2.24) is 0 Å². The first-order valence-corrected chi connectivity index (χ1v) is 6.97. The van der Waals surface area contributed by atoms with E-state index in [1.54, 1.807) is 13.0 Å². The second kappa shape index (κ2) is 4.89. The molecule has 23 heavy (non-hydrogen) atoms. The predicted molar refractivity (Wildman–Crippen MR) is 81.9 cm³/mol. The molecular formula is C17H16O6. The van der Waals surface area contributed by atoms with Gasteiger partial charge in [0.05, 0.1) is 16.7 Å². The molecule has 0 saturated carbocycles. The van der Waals surface area contributed by atoms with Crippen LogP contribution >= 0.6 is 0 Å². The zero-order chi connectivity index (χ0) is 16.9. The Morgan fingerprint density at radius 2 is 1.83 bits per heavy atom. The van der Waals surface area contributed by atoms with Gasteiger partial charge in [-0.3, -0.25) is 4.79 Å². The van der Waals surface area contributed by atoms with Crippen molar-refractivity contribution in [2.45, 2.75) is 19.6 Å². The standard InChI is InChI=1S/C17H16O6/c1-8(18)9-5-7-12(19)13(14(9)20)10-4-6-11-16(15(10)21)23-17(11,2)22-3/h4-7,19-21H,1-3H3. The van der Waals surface area contributed by atoms with Gasteiger partial charge in [0.2, 0.25) is 5.79 Å². The first-order chi connectivity index (χ1) is 10.8. The predicted octanol–water partition coefficient (Wildman–Crippen LogP) is 2.88. The van der Waals surface area contributed by atoms with Crippen molar-refractivity contribution >= 4 is 5.78 Å². The Bertz CT molecular complexity index is 826. The number of fused-ring (bicyclic) bond motifs is 1. The van der Waals surface area contributed by atoms with Crippen molar-refractivity contribution in [3.05, 3.63) is 35.4 Å². The minimum atomic E-state index is -0.934. The van der Waals surface area contributed by atoms with Crippen LogP contribution in [0.3, 0.4) is 0 Å². The normalized spacial score (nSPS) is 18.7. The number of ketones is 1. The van der Waals surface area contributed by atoms with Gasteiger partial charge in [-0.1, -0.05) is 0 Å². The zero-order valence-electron chi connectivity index (χ0n) is 12.9. The Morgan fingerprint density at radius 3 is 2.43 bits per heavy atom. The lowest BCUT2D eigenvalue weighted by Crippen LogP contribution is -2.40. The maximum Gasteiger partial charge on any atom is 0.238 e. The van der Waals surface area contributed by atoms with Crippen molar-refractivity contribution in [1.29, 1.82) is 0 Å². The second-order valence-corrected chi connectivity index (χ2v) is 5.50. The van der Waals surface area contributed by atoms with Crippen LogP contribution < -0.4 is 4.74 Å². The third-order valence-corrected chi connectivity index (χ3v) is 4.11. The fourth-order valence-electron chi connectivity index (χ4n) is 2.72. The molecular weight excluding hydrogens is 300 g/mol. The minimum absolute atomic E-state index is 0.0207. The zero-order valence-corrected chi connectivity index (χ0v) is 12.9. The molecule has 1 atom stereocenters. The summed E-state index contributed by atoms with van der Waals surface area (Å²) < 4.78 is 10.7. The molecule has 1 aliphatic heterocycles. The van der Waals surface area contributed by atoms with Crippen LogP contribution in [0.4, 0.5) is 0 Å². The lowest BCUT2D eigenvalue weighted by molar-refractivity contribution is -0.191. The monoisotopic (exact) mass is 316 g/mol. The van der Waals surface area contributed by atoms with Gasteiger partial charge in [-0.25, -0.2) is 0 Å². The van der Waals surface area contributed by atoms with E-state index in [0.29, 0.717) is 5.56 Å². The molecule has 6 nitrogen and oxygen atoms in total. The molecule has 0 aromatic heterocycles. The number of carbonyl (C=O) groups is 1. The van der Waals surface area contributed by atoms with E-state index < -0.39 is 5.79 Å². The highest BCUT2D eigenvalue weighted by Gasteiger charge is 2.44. The van der Waals surface area contributed by atoms with Gasteiger partial charge in [-0.15, -0.1) is 0 Å². The number of benzene rings is 2. The smallest absolute Gasteiger partial charge is 0.238 e. The summed E-state index contributed by atoms with van der Waals surface area (Å²) in [5.41, 5.74) is 0.859. The number of Topliss-reactive ketones (excluding diaryl/α,β-unsaturated/α-hetero) is 1. The lowest BCUT2D eigenvalue weighted by atomic mass is 9.92. The second-order valence-electron chi connectivity index (χ2n) is 5.50. The third-order valence-electron chi connectivity index (χ3n) is 4.11. The molecule has 0 bridgehead atoms. The molecule has 1 heterocycles. The Balaban J connectivity index is 2.20. The SMILES string of the molecule is COC1(C)Oc2c1ccc(-c1c(O)ccc(C(C)=O)c1O)c2O. The van der Waals surface area contributed by atoms with E-state index in [1.165, 1.54) is 32.2 Å². The molecule has 0 spiro atoms. The summed E-state index contributed by atoms with van der Waals surface area (Å²) in [6.07, 6.45) is 0. The highest BCUT2D eigenvalue weighted by Crippen LogP contribution is 2.55.